The maximum absolute atomic E-state index is 12.2. The molecule has 1 fully saturated rings. The lowest BCUT2D eigenvalue weighted by atomic mass is 10.1. The van der Waals surface area contributed by atoms with Crippen molar-refractivity contribution in [1.29, 1.82) is 0 Å². The average Bonchev–Trinajstić information content (AvgIpc) is 2.39. The van der Waals surface area contributed by atoms with E-state index < -0.39 is 16.1 Å². The maximum atomic E-state index is 12.2. The summed E-state index contributed by atoms with van der Waals surface area (Å²) in [5, 5.41) is 8.85. The maximum Gasteiger partial charge on any atom is 0.407 e. The van der Waals surface area contributed by atoms with Crippen LogP contribution in [0.4, 0.5) is 4.79 Å². The van der Waals surface area contributed by atoms with Gasteiger partial charge < -0.3 is 10.0 Å². The lowest BCUT2D eigenvalue weighted by Gasteiger charge is -2.30. The van der Waals surface area contributed by atoms with Crippen LogP contribution in [-0.4, -0.2) is 43.6 Å². The lowest BCUT2D eigenvalue weighted by Crippen LogP contribution is -2.46. The van der Waals surface area contributed by atoms with Gasteiger partial charge in [0.15, 0.2) is 0 Å². The minimum absolute atomic E-state index is 0.211. The molecule has 0 aromatic heterocycles. The lowest BCUT2D eigenvalue weighted by molar-refractivity contribution is 0.131. The molecule has 0 saturated carbocycles. The van der Waals surface area contributed by atoms with Gasteiger partial charge in [0.25, 0.3) is 0 Å². The average molecular weight is 298 g/mol. The van der Waals surface area contributed by atoms with Crippen LogP contribution in [0.3, 0.4) is 0 Å². The van der Waals surface area contributed by atoms with E-state index in [-0.39, 0.29) is 10.9 Å². The topological polar surface area (TPSA) is 86.7 Å². The fourth-order valence-electron chi connectivity index (χ4n) is 2.19. The number of piperidine rings is 1. The Bertz CT molecular complexity index is 575. The summed E-state index contributed by atoms with van der Waals surface area (Å²) in [5.74, 6) is 0. The molecule has 0 unspecified atom stereocenters. The van der Waals surface area contributed by atoms with Crippen molar-refractivity contribution in [3.8, 4) is 0 Å². The van der Waals surface area contributed by atoms with Crippen LogP contribution in [-0.2, 0) is 10.0 Å². The highest BCUT2D eigenvalue weighted by Crippen LogP contribution is 2.15. The molecule has 2 rings (SSSR count). The van der Waals surface area contributed by atoms with Crippen LogP contribution in [0.2, 0.25) is 0 Å². The van der Waals surface area contributed by atoms with Gasteiger partial charge in [0.05, 0.1) is 4.90 Å². The van der Waals surface area contributed by atoms with Crippen LogP contribution >= 0.6 is 0 Å². The van der Waals surface area contributed by atoms with Crippen LogP contribution in [0.25, 0.3) is 0 Å². The summed E-state index contributed by atoms with van der Waals surface area (Å²) in [6.45, 7) is 2.61. The molecule has 1 amide bonds. The number of hydrogen-bond donors (Lipinski definition) is 2. The Morgan fingerprint density at radius 1 is 1.25 bits per heavy atom. The van der Waals surface area contributed by atoms with E-state index >= 15 is 0 Å². The zero-order valence-electron chi connectivity index (χ0n) is 11.2. The smallest absolute Gasteiger partial charge is 0.407 e. The number of carbonyl (C=O) groups is 1. The van der Waals surface area contributed by atoms with E-state index in [0.29, 0.717) is 25.9 Å². The van der Waals surface area contributed by atoms with Crippen molar-refractivity contribution >= 4 is 16.1 Å². The normalized spacial score (nSPS) is 17.1. The molecule has 110 valence electrons. The number of benzene rings is 1. The first kappa shape index (κ1) is 14.8. The van der Waals surface area contributed by atoms with E-state index in [1.54, 1.807) is 24.3 Å². The Morgan fingerprint density at radius 2 is 1.80 bits per heavy atom. The van der Waals surface area contributed by atoms with Gasteiger partial charge >= 0.3 is 6.09 Å². The molecule has 1 aliphatic rings. The van der Waals surface area contributed by atoms with Gasteiger partial charge in [-0.25, -0.2) is 17.9 Å². The molecule has 1 aromatic rings. The number of nitrogens with one attached hydrogen (secondary N) is 1. The van der Waals surface area contributed by atoms with Gasteiger partial charge in [-0.05, 0) is 31.9 Å². The van der Waals surface area contributed by atoms with Crippen molar-refractivity contribution < 1.29 is 18.3 Å². The molecular weight excluding hydrogens is 280 g/mol. The predicted molar refractivity (Wildman–Crippen MR) is 74.1 cm³/mol. The van der Waals surface area contributed by atoms with E-state index in [1.807, 2.05) is 6.92 Å². The van der Waals surface area contributed by atoms with Crippen molar-refractivity contribution in [3.05, 3.63) is 29.8 Å². The molecule has 6 nitrogen and oxygen atoms in total. The van der Waals surface area contributed by atoms with E-state index in [2.05, 4.69) is 4.72 Å². The number of likely N-dealkylation sites (tertiary alicyclic amines) is 1. The Kier molecular flexibility index (Phi) is 4.29. The van der Waals surface area contributed by atoms with Gasteiger partial charge in [-0.1, -0.05) is 17.7 Å². The van der Waals surface area contributed by atoms with Crippen LogP contribution in [0.1, 0.15) is 18.4 Å². The highest BCUT2D eigenvalue weighted by Gasteiger charge is 2.26. The van der Waals surface area contributed by atoms with E-state index in [1.165, 1.54) is 4.90 Å². The third-order valence-corrected chi connectivity index (χ3v) is 4.95. The number of carboxylic acid groups (broad SMARTS) is 1. The molecule has 0 aliphatic carbocycles. The number of hydrogen-bond acceptors (Lipinski definition) is 3. The quantitative estimate of drug-likeness (QED) is 0.883. The first-order valence-corrected chi connectivity index (χ1v) is 7.94. The number of rotatable bonds is 3. The van der Waals surface area contributed by atoms with Gasteiger partial charge in [-0.2, -0.15) is 0 Å². The minimum atomic E-state index is -3.53. The number of aryl methyl sites for hydroxylation is 1. The fourth-order valence-corrected chi connectivity index (χ4v) is 3.50. The van der Waals surface area contributed by atoms with E-state index in [0.717, 1.165) is 5.56 Å². The third-order valence-electron chi connectivity index (χ3n) is 3.42. The molecule has 0 spiro atoms. The zero-order chi connectivity index (χ0) is 14.8. The highest BCUT2D eigenvalue weighted by molar-refractivity contribution is 7.89. The van der Waals surface area contributed by atoms with Crippen LogP contribution in [0.5, 0.6) is 0 Å². The summed E-state index contributed by atoms with van der Waals surface area (Å²) in [4.78, 5) is 12.3. The summed E-state index contributed by atoms with van der Waals surface area (Å²) in [6.07, 6.45) is 0.0410. The predicted octanol–water partition coefficient (Wildman–Crippen LogP) is 1.42. The van der Waals surface area contributed by atoms with Crippen molar-refractivity contribution in [2.75, 3.05) is 13.1 Å². The Hall–Kier alpha value is -1.60. The molecule has 1 aromatic carbocycles. The SMILES string of the molecule is Cc1ccc(S(=O)(=O)NC2CCN(C(=O)O)CC2)cc1. The first-order valence-electron chi connectivity index (χ1n) is 6.45. The van der Waals surface area contributed by atoms with Gasteiger partial charge in [-0.3, -0.25) is 0 Å². The summed E-state index contributed by atoms with van der Waals surface area (Å²) in [7, 11) is -3.53. The van der Waals surface area contributed by atoms with Crippen LogP contribution in [0, 0.1) is 6.92 Å². The number of sulfonamides is 1. The van der Waals surface area contributed by atoms with Crippen LogP contribution < -0.4 is 4.72 Å². The van der Waals surface area contributed by atoms with Crippen LogP contribution in [0.15, 0.2) is 29.2 Å². The van der Waals surface area contributed by atoms with Crippen molar-refractivity contribution in [1.82, 2.24) is 9.62 Å². The molecule has 1 saturated heterocycles. The van der Waals surface area contributed by atoms with Crippen molar-refractivity contribution in [2.24, 2.45) is 0 Å². The second kappa shape index (κ2) is 5.80. The molecule has 0 atom stereocenters. The zero-order valence-corrected chi connectivity index (χ0v) is 12.1. The van der Waals surface area contributed by atoms with E-state index in [4.69, 9.17) is 5.11 Å². The molecule has 1 aliphatic heterocycles. The Morgan fingerprint density at radius 3 is 2.30 bits per heavy atom. The van der Waals surface area contributed by atoms with Gasteiger partial charge in [0.2, 0.25) is 10.0 Å². The molecule has 2 N–H and O–H groups in total. The summed E-state index contributed by atoms with van der Waals surface area (Å²) >= 11 is 0. The second-order valence-corrected chi connectivity index (χ2v) is 6.69. The minimum Gasteiger partial charge on any atom is -0.465 e. The molecule has 7 heteroatoms. The summed E-state index contributed by atoms with van der Waals surface area (Å²) in [6, 6.07) is 6.44. The molecule has 1 heterocycles. The largest absolute Gasteiger partial charge is 0.465 e. The highest BCUT2D eigenvalue weighted by atomic mass is 32.2. The monoisotopic (exact) mass is 298 g/mol. The Labute approximate surface area is 118 Å². The molecule has 0 radical (unpaired) electrons. The third kappa shape index (κ3) is 3.49. The molecule has 0 bridgehead atoms. The Balaban J connectivity index is 2.00. The second-order valence-electron chi connectivity index (χ2n) is 4.98. The number of nitrogens with zero attached hydrogens (tertiary/aromatic N) is 1. The van der Waals surface area contributed by atoms with E-state index in [9.17, 15) is 13.2 Å². The van der Waals surface area contributed by atoms with Gasteiger partial charge in [-0.15, -0.1) is 0 Å². The summed E-state index contributed by atoms with van der Waals surface area (Å²) < 4.78 is 27.0. The number of amides is 1. The first-order chi connectivity index (χ1) is 9.38. The fraction of sp³-hybridized carbons (Fsp3) is 0.462. The van der Waals surface area contributed by atoms with Gasteiger partial charge in [0.1, 0.15) is 0 Å². The molecular formula is C13H18N2O4S. The van der Waals surface area contributed by atoms with Crippen molar-refractivity contribution in [2.45, 2.75) is 30.7 Å². The van der Waals surface area contributed by atoms with Crippen molar-refractivity contribution in [3.63, 3.8) is 0 Å². The summed E-state index contributed by atoms with van der Waals surface area (Å²) in [5.41, 5.74) is 0.999. The standard InChI is InChI=1S/C13H18N2O4S/c1-10-2-4-12(5-3-10)20(18,19)14-11-6-8-15(9-7-11)13(16)17/h2-5,11,14H,6-9H2,1H3,(H,16,17). The van der Waals surface area contributed by atoms with Gasteiger partial charge in [0, 0.05) is 19.1 Å². The molecule has 20 heavy (non-hydrogen) atoms.